The number of anilines is 3. The number of carbonyl (C=O) groups is 3. The van der Waals surface area contributed by atoms with E-state index in [1.54, 1.807) is 10.8 Å². The van der Waals surface area contributed by atoms with Crippen molar-refractivity contribution in [3.05, 3.63) is 64.9 Å². The van der Waals surface area contributed by atoms with Crippen molar-refractivity contribution in [2.24, 2.45) is 0 Å². The second kappa shape index (κ2) is 9.32. The van der Waals surface area contributed by atoms with Gasteiger partial charge in [-0.15, -0.1) is 0 Å². The maximum absolute atomic E-state index is 13.1. The second-order valence-electron chi connectivity index (χ2n) is 8.27. The van der Waals surface area contributed by atoms with E-state index >= 15 is 0 Å². The number of nitrogens with one attached hydrogen (secondary N) is 2. The summed E-state index contributed by atoms with van der Waals surface area (Å²) in [6.45, 7) is 1.90. The van der Waals surface area contributed by atoms with Crippen LogP contribution in [0.3, 0.4) is 0 Å². The number of pyridine rings is 1. The van der Waals surface area contributed by atoms with Crippen LogP contribution in [-0.4, -0.2) is 44.3 Å². The van der Waals surface area contributed by atoms with Crippen molar-refractivity contribution >= 4 is 56.4 Å². The molecule has 0 unspecified atom stereocenters. The first kappa shape index (κ1) is 23.9. The summed E-state index contributed by atoms with van der Waals surface area (Å²) in [7, 11) is -4.24. The van der Waals surface area contributed by atoms with Crippen molar-refractivity contribution in [3.8, 4) is 0 Å². The lowest BCUT2D eigenvalue weighted by Crippen LogP contribution is -2.43. The molecule has 13 heteroatoms. The van der Waals surface area contributed by atoms with Crippen molar-refractivity contribution in [2.75, 3.05) is 28.2 Å². The molecular weight excluding hydrogens is 509 g/mol. The van der Waals surface area contributed by atoms with Crippen LogP contribution in [0, 0.1) is 5.13 Å². The predicted molar refractivity (Wildman–Crippen MR) is 131 cm³/mol. The maximum atomic E-state index is 13.1. The van der Waals surface area contributed by atoms with Gasteiger partial charge >= 0.3 is 6.03 Å². The van der Waals surface area contributed by atoms with Gasteiger partial charge in [0.1, 0.15) is 10.0 Å². The number of halogens is 1. The molecule has 2 aromatic heterocycles. The van der Waals surface area contributed by atoms with Gasteiger partial charge < -0.3 is 10.2 Å². The number of nitrogens with zero attached hydrogens (tertiary/aromatic N) is 3. The monoisotopic (exact) mass is 529 g/mol. The van der Waals surface area contributed by atoms with Crippen LogP contribution in [0.15, 0.2) is 52.9 Å². The highest BCUT2D eigenvalue weighted by molar-refractivity contribution is 7.92. The molecule has 186 valence electrons. The Morgan fingerprint density at radius 3 is 2.50 bits per heavy atom. The van der Waals surface area contributed by atoms with Crippen molar-refractivity contribution in [1.82, 2.24) is 9.71 Å². The van der Waals surface area contributed by atoms with Crippen LogP contribution < -0.4 is 19.8 Å². The molecular formula is C23H20FN5O5S2. The van der Waals surface area contributed by atoms with E-state index in [1.807, 2.05) is 12.1 Å². The van der Waals surface area contributed by atoms with Crippen LogP contribution in [0.2, 0.25) is 0 Å². The number of fused-ring (bicyclic) bond motifs is 1. The average molecular weight is 530 g/mol. The number of sulfonamides is 1. The smallest absolute Gasteiger partial charge is 0.333 e. The number of rotatable bonds is 5. The molecule has 36 heavy (non-hydrogen) atoms. The van der Waals surface area contributed by atoms with Crippen molar-refractivity contribution in [2.45, 2.75) is 23.5 Å². The van der Waals surface area contributed by atoms with E-state index in [0.717, 1.165) is 48.7 Å². The van der Waals surface area contributed by atoms with Gasteiger partial charge in [-0.25, -0.2) is 27.8 Å². The molecule has 0 spiro atoms. The minimum atomic E-state index is -4.24. The molecule has 4 heterocycles. The second-order valence-corrected chi connectivity index (χ2v) is 11.2. The molecule has 2 N–H and O–H groups in total. The first-order valence-electron chi connectivity index (χ1n) is 11.0. The number of amides is 4. The normalized spacial score (nSPS) is 15.7. The fraction of sp³-hybridized carbons (Fsp3) is 0.217. The van der Waals surface area contributed by atoms with Gasteiger partial charge in [0, 0.05) is 24.3 Å². The molecule has 1 saturated heterocycles. The summed E-state index contributed by atoms with van der Waals surface area (Å²) in [4.78, 5) is 45.4. The number of benzene rings is 1. The fourth-order valence-corrected chi connectivity index (χ4v) is 6.09. The van der Waals surface area contributed by atoms with E-state index in [2.05, 4.69) is 15.2 Å². The number of hydrogen-bond donors (Lipinski definition) is 2. The molecule has 10 nitrogen and oxygen atoms in total. The largest absolute Gasteiger partial charge is 0.372 e. The molecule has 0 radical (unpaired) electrons. The SMILES string of the molecule is O=C(Nc1ccc(N2C(=O)Cc3cc(N4CCCC4)ccc3C2=O)nc1)NS(=O)(=O)c1ccc(F)s1. The molecule has 0 atom stereocenters. The fourth-order valence-electron chi connectivity index (χ4n) is 4.18. The van der Waals surface area contributed by atoms with Gasteiger partial charge in [0.15, 0.2) is 5.13 Å². The lowest BCUT2D eigenvalue weighted by molar-refractivity contribution is -0.117. The zero-order chi connectivity index (χ0) is 25.4. The summed E-state index contributed by atoms with van der Waals surface area (Å²) < 4.78 is 38.8. The number of aromatic nitrogens is 1. The molecule has 1 aromatic carbocycles. The Kier molecular flexibility index (Phi) is 6.18. The summed E-state index contributed by atoms with van der Waals surface area (Å²) in [5.74, 6) is -0.840. The third kappa shape index (κ3) is 4.66. The molecule has 5 rings (SSSR count). The molecule has 2 aliphatic heterocycles. The number of carbonyl (C=O) groups excluding carboxylic acids is 3. The van der Waals surface area contributed by atoms with Gasteiger partial charge in [0.25, 0.3) is 15.9 Å². The molecule has 0 saturated carbocycles. The van der Waals surface area contributed by atoms with Gasteiger partial charge in [-0.2, -0.15) is 4.39 Å². The predicted octanol–water partition coefficient (Wildman–Crippen LogP) is 3.12. The van der Waals surface area contributed by atoms with Crippen LogP contribution in [-0.2, 0) is 21.2 Å². The first-order chi connectivity index (χ1) is 17.2. The summed E-state index contributed by atoms with van der Waals surface area (Å²) >= 11 is 0.382. The molecule has 2 aliphatic rings. The van der Waals surface area contributed by atoms with Crippen molar-refractivity contribution < 1.29 is 27.2 Å². The maximum Gasteiger partial charge on any atom is 0.333 e. The standard InChI is InChI=1S/C23H20FN5O5S2/c24-18-6-8-21(35-18)36(33,34)27-23(32)26-15-3-7-19(25-13-15)29-20(30)12-14-11-16(28-9-1-2-10-28)4-5-17(14)22(29)31/h3-8,11,13H,1-2,9-10,12H2,(H2,26,27,32). The van der Waals surface area contributed by atoms with Gasteiger partial charge in [-0.05, 0) is 60.9 Å². The van der Waals surface area contributed by atoms with Gasteiger partial charge in [-0.3, -0.25) is 9.59 Å². The van der Waals surface area contributed by atoms with Crippen LogP contribution in [0.1, 0.15) is 28.8 Å². The Hall–Kier alpha value is -3.84. The summed E-state index contributed by atoms with van der Waals surface area (Å²) in [6, 6.07) is 9.21. The van der Waals surface area contributed by atoms with Crippen LogP contribution >= 0.6 is 11.3 Å². The van der Waals surface area contributed by atoms with E-state index in [0.29, 0.717) is 22.5 Å². The third-order valence-electron chi connectivity index (χ3n) is 5.86. The Labute approximate surface area is 209 Å². The Bertz CT molecular complexity index is 1470. The van der Waals surface area contributed by atoms with Gasteiger partial charge in [-0.1, -0.05) is 11.3 Å². The molecule has 0 aliphatic carbocycles. The number of urea groups is 1. The van der Waals surface area contributed by atoms with Crippen LogP contribution in [0.25, 0.3) is 0 Å². The highest BCUT2D eigenvalue weighted by atomic mass is 32.2. The topological polar surface area (TPSA) is 129 Å². The van der Waals surface area contributed by atoms with Gasteiger partial charge in [0.05, 0.1) is 18.3 Å². The molecule has 3 aromatic rings. The molecule has 1 fully saturated rings. The highest BCUT2D eigenvalue weighted by Gasteiger charge is 2.33. The quantitative estimate of drug-likeness (QED) is 0.486. The van der Waals surface area contributed by atoms with Crippen LogP contribution in [0.4, 0.5) is 26.4 Å². The third-order valence-corrected chi connectivity index (χ3v) is 8.56. The zero-order valence-electron chi connectivity index (χ0n) is 18.7. The van der Waals surface area contributed by atoms with Crippen molar-refractivity contribution in [1.29, 1.82) is 0 Å². The summed E-state index contributed by atoms with van der Waals surface area (Å²) in [5.41, 5.74) is 2.22. The van der Waals surface area contributed by atoms with Crippen LogP contribution in [0.5, 0.6) is 0 Å². The Balaban J connectivity index is 1.28. The first-order valence-corrected chi connectivity index (χ1v) is 13.3. The van der Waals surface area contributed by atoms with E-state index in [9.17, 15) is 27.2 Å². The Morgan fingerprint density at radius 1 is 1.06 bits per heavy atom. The lowest BCUT2D eigenvalue weighted by atomic mass is 9.97. The Morgan fingerprint density at radius 2 is 1.83 bits per heavy atom. The van der Waals surface area contributed by atoms with Gasteiger partial charge in [0.2, 0.25) is 5.91 Å². The average Bonchev–Trinajstić information content (AvgIpc) is 3.52. The van der Waals surface area contributed by atoms with E-state index in [4.69, 9.17) is 0 Å². The minimum Gasteiger partial charge on any atom is -0.372 e. The van der Waals surface area contributed by atoms with E-state index < -0.39 is 33.0 Å². The molecule has 4 amide bonds. The number of imide groups is 1. The van der Waals surface area contributed by atoms with Crippen molar-refractivity contribution in [3.63, 3.8) is 0 Å². The van der Waals surface area contributed by atoms with E-state index in [-0.39, 0.29) is 22.1 Å². The lowest BCUT2D eigenvalue weighted by Gasteiger charge is -2.27. The summed E-state index contributed by atoms with van der Waals surface area (Å²) in [6.07, 6.45) is 3.48. The zero-order valence-corrected chi connectivity index (χ0v) is 20.4. The molecule has 0 bridgehead atoms. The summed E-state index contributed by atoms with van der Waals surface area (Å²) in [5, 5.41) is 1.60. The van der Waals surface area contributed by atoms with E-state index in [1.165, 1.54) is 18.3 Å². The number of hydrogen-bond acceptors (Lipinski definition) is 8. The number of thiophene rings is 1. The highest BCUT2D eigenvalue weighted by Crippen LogP contribution is 2.29. The minimum absolute atomic E-state index is 0.0496.